The average molecular weight is 298 g/mol. The summed E-state index contributed by atoms with van der Waals surface area (Å²) in [6.07, 6.45) is 3.61. The SMILES string of the molecule is CCNC1(C(=O)O)CCCC(N(CC(C)C)CC(C)C)C1. The molecule has 4 nitrogen and oxygen atoms in total. The maximum Gasteiger partial charge on any atom is 0.323 e. The molecular formula is C17H34N2O2. The molecule has 2 N–H and O–H groups in total. The Balaban J connectivity index is 2.85. The maximum absolute atomic E-state index is 11.8. The number of hydrogen-bond acceptors (Lipinski definition) is 3. The van der Waals surface area contributed by atoms with Crippen LogP contribution in [0.2, 0.25) is 0 Å². The topological polar surface area (TPSA) is 52.6 Å². The van der Waals surface area contributed by atoms with Crippen LogP contribution in [-0.2, 0) is 4.79 Å². The third kappa shape index (κ3) is 5.26. The molecule has 0 aromatic heterocycles. The molecule has 1 fully saturated rings. The summed E-state index contributed by atoms with van der Waals surface area (Å²) in [5.74, 6) is 0.552. The predicted molar refractivity (Wildman–Crippen MR) is 87.5 cm³/mol. The Morgan fingerprint density at radius 3 is 2.29 bits per heavy atom. The number of likely N-dealkylation sites (N-methyl/N-ethyl adjacent to an activating group) is 1. The highest BCUT2D eigenvalue weighted by Gasteiger charge is 2.43. The second-order valence-corrected chi connectivity index (χ2v) is 7.41. The van der Waals surface area contributed by atoms with Crippen LogP contribution in [0.15, 0.2) is 0 Å². The second kappa shape index (κ2) is 8.14. The number of carboxylic acid groups (broad SMARTS) is 1. The Labute approximate surface area is 130 Å². The van der Waals surface area contributed by atoms with Gasteiger partial charge in [0.05, 0.1) is 0 Å². The largest absolute Gasteiger partial charge is 0.480 e. The quantitative estimate of drug-likeness (QED) is 0.723. The fraction of sp³-hybridized carbons (Fsp3) is 0.941. The van der Waals surface area contributed by atoms with Crippen molar-refractivity contribution in [3.05, 3.63) is 0 Å². The van der Waals surface area contributed by atoms with E-state index in [9.17, 15) is 9.90 Å². The van der Waals surface area contributed by atoms with Gasteiger partial charge in [-0.05, 0) is 44.1 Å². The Morgan fingerprint density at radius 2 is 1.86 bits per heavy atom. The van der Waals surface area contributed by atoms with E-state index in [4.69, 9.17) is 0 Å². The lowest BCUT2D eigenvalue weighted by molar-refractivity contribution is -0.147. The lowest BCUT2D eigenvalue weighted by Gasteiger charge is -2.44. The first kappa shape index (κ1) is 18.4. The van der Waals surface area contributed by atoms with Gasteiger partial charge in [-0.1, -0.05) is 34.6 Å². The molecule has 0 aromatic carbocycles. The number of rotatable bonds is 8. The molecule has 1 aliphatic carbocycles. The summed E-state index contributed by atoms with van der Waals surface area (Å²) in [6.45, 7) is 13.8. The van der Waals surface area contributed by atoms with E-state index in [1.54, 1.807) is 0 Å². The van der Waals surface area contributed by atoms with Crippen molar-refractivity contribution in [1.29, 1.82) is 0 Å². The zero-order valence-electron chi connectivity index (χ0n) is 14.5. The van der Waals surface area contributed by atoms with Gasteiger partial charge in [-0.15, -0.1) is 0 Å². The van der Waals surface area contributed by atoms with Crippen LogP contribution in [0.3, 0.4) is 0 Å². The first-order valence-electron chi connectivity index (χ1n) is 8.53. The molecule has 0 amide bonds. The summed E-state index contributed by atoms with van der Waals surface area (Å²) < 4.78 is 0. The standard InChI is InChI=1S/C17H34N2O2/c1-6-18-17(16(20)21)9-7-8-15(10-17)19(11-13(2)3)12-14(4)5/h13-15,18H,6-12H2,1-5H3,(H,20,21). The normalized spacial score (nSPS) is 26.8. The summed E-state index contributed by atoms with van der Waals surface area (Å²) in [5, 5.41) is 13.0. The van der Waals surface area contributed by atoms with Gasteiger partial charge in [0.25, 0.3) is 0 Å². The van der Waals surface area contributed by atoms with Gasteiger partial charge in [0.2, 0.25) is 0 Å². The second-order valence-electron chi connectivity index (χ2n) is 7.41. The Kier molecular flexibility index (Phi) is 7.14. The smallest absolute Gasteiger partial charge is 0.323 e. The number of nitrogens with one attached hydrogen (secondary N) is 1. The van der Waals surface area contributed by atoms with Gasteiger partial charge < -0.3 is 10.4 Å². The zero-order chi connectivity index (χ0) is 16.0. The number of nitrogens with zero attached hydrogens (tertiary/aromatic N) is 1. The molecule has 2 unspecified atom stereocenters. The van der Waals surface area contributed by atoms with Gasteiger partial charge in [-0.2, -0.15) is 0 Å². The fourth-order valence-corrected chi connectivity index (χ4v) is 3.64. The minimum absolute atomic E-state index is 0.388. The van der Waals surface area contributed by atoms with Gasteiger partial charge >= 0.3 is 5.97 Å². The Hall–Kier alpha value is -0.610. The van der Waals surface area contributed by atoms with Crippen molar-refractivity contribution >= 4 is 5.97 Å². The molecule has 0 bridgehead atoms. The molecule has 2 atom stereocenters. The van der Waals surface area contributed by atoms with Crippen molar-refractivity contribution in [2.45, 2.75) is 71.9 Å². The van der Waals surface area contributed by atoms with Gasteiger partial charge in [0, 0.05) is 19.1 Å². The van der Waals surface area contributed by atoms with Crippen molar-refractivity contribution in [3.63, 3.8) is 0 Å². The van der Waals surface area contributed by atoms with Gasteiger partial charge in [-0.3, -0.25) is 9.69 Å². The number of hydrogen-bond donors (Lipinski definition) is 2. The summed E-state index contributed by atoms with van der Waals surface area (Å²) in [6, 6.07) is 0.388. The minimum Gasteiger partial charge on any atom is -0.480 e. The van der Waals surface area contributed by atoms with Crippen LogP contribution in [-0.4, -0.2) is 47.2 Å². The first-order chi connectivity index (χ1) is 9.80. The Bertz CT molecular complexity index is 317. The van der Waals surface area contributed by atoms with Gasteiger partial charge in [0.15, 0.2) is 0 Å². The molecule has 0 aromatic rings. The molecule has 1 saturated carbocycles. The van der Waals surface area contributed by atoms with Crippen molar-refractivity contribution in [2.75, 3.05) is 19.6 Å². The maximum atomic E-state index is 11.8. The van der Waals surface area contributed by atoms with E-state index >= 15 is 0 Å². The van der Waals surface area contributed by atoms with Crippen LogP contribution in [0.4, 0.5) is 0 Å². The summed E-state index contributed by atoms with van der Waals surface area (Å²) in [7, 11) is 0. The van der Waals surface area contributed by atoms with Crippen molar-refractivity contribution in [2.24, 2.45) is 11.8 Å². The van der Waals surface area contributed by atoms with E-state index in [1.807, 2.05) is 6.92 Å². The number of carbonyl (C=O) groups is 1. The predicted octanol–water partition coefficient (Wildman–Crippen LogP) is 2.98. The van der Waals surface area contributed by atoms with E-state index < -0.39 is 11.5 Å². The third-order valence-corrected chi connectivity index (χ3v) is 4.37. The van der Waals surface area contributed by atoms with Crippen LogP contribution in [0.25, 0.3) is 0 Å². The molecule has 0 heterocycles. The van der Waals surface area contributed by atoms with E-state index in [2.05, 4.69) is 37.9 Å². The first-order valence-corrected chi connectivity index (χ1v) is 8.53. The summed E-state index contributed by atoms with van der Waals surface area (Å²) >= 11 is 0. The molecule has 1 aliphatic rings. The van der Waals surface area contributed by atoms with Gasteiger partial charge in [0.1, 0.15) is 5.54 Å². The minimum atomic E-state index is -0.718. The highest BCUT2D eigenvalue weighted by Crippen LogP contribution is 2.32. The molecule has 21 heavy (non-hydrogen) atoms. The van der Waals surface area contributed by atoms with Crippen LogP contribution in [0.1, 0.15) is 60.3 Å². The lowest BCUT2D eigenvalue weighted by Crippen LogP contribution is -2.58. The number of aliphatic carboxylic acids is 1. The van der Waals surface area contributed by atoms with Crippen LogP contribution in [0, 0.1) is 11.8 Å². The van der Waals surface area contributed by atoms with Crippen LogP contribution < -0.4 is 5.32 Å². The van der Waals surface area contributed by atoms with E-state index in [0.29, 0.717) is 24.4 Å². The molecule has 0 aliphatic heterocycles. The molecule has 1 rings (SSSR count). The van der Waals surface area contributed by atoms with E-state index in [0.717, 1.165) is 38.8 Å². The molecular weight excluding hydrogens is 264 g/mol. The Morgan fingerprint density at radius 1 is 1.29 bits per heavy atom. The monoisotopic (exact) mass is 298 g/mol. The lowest BCUT2D eigenvalue weighted by atomic mass is 9.78. The van der Waals surface area contributed by atoms with Crippen LogP contribution >= 0.6 is 0 Å². The third-order valence-electron chi connectivity index (χ3n) is 4.37. The summed E-state index contributed by atoms with van der Waals surface area (Å²) in [4.78, 5) is 14.3. The molecule has 0 spiro atoms. The average Bonchev–Trinajstić information content (AvgIpc) is 2.37. The highest BCUT2D eigenvalue weighted by molar-refractivity contribution is 5.79. The van der Waals surface area contributed by atoms with Crippen molar-refractivity contribution in [3.8, 4) is 0 Å². The van der Waals surface area contributed by atoms with Gasteiger partial charge in [-0.25, -0.2) is 0 Å². The van der Waals surface area contributed by atoms with E-state index in [-0.39, 0.29) is 0 Å². The molecule has 124 valence electrons. The zero-order valence-corrected chi connectivity index (χ0v) is 14.5. The highest BCUT2D eigenvalue weighted by atomic mass is 16.4. The fourth-order valence-electron chi connectivity index (χ4n) is 3.64. The molecule has 0 radical (unpaired) electrons. The summed E-state index contributed by atoms with van der Waals surface area (Å²) in [5.41, 5.74) is -0.718. The van der Waals surface area contributed by atoms with Crippen molar-refractivity contribution < 1.29 is 9.90 Å². The van der Waals surface area contributed by atoms with Crippen LogP contribution in [0.5, 0.6) is 0 Å². The molecule has 4 heteroatoms. The van der Waals surface area contributed by atoms with E-state index in [1.165, 1.54) is 0 Å². The molecule has 0 saturated heterocycles. The van der Waals surface area contributed by atoms with Crippen molar-refractivity contribution in [1.82, 2.24) is 10.2 Å². The number of carboxylic acids is 1.